The number of anilines is 1. The van der Waals surface area contributed by atoms with Crippen molar-refractivity contribution in [3.8, 4) is 0 Å². The molecule has 5 nitrogen and oxygen atoms in total. The number of hydrogen-bond donors (Lipinski definition) is 1. The average Bonchev–Trinajstić information content (AvgIpc) is 2.72. The summed E-state index contributed by atoms with van der Waals surface area (Å²) in [6.07, 6.45) is 4.90. The number of hydrogen-bond acceptors (Lipinski definition) is 5. The minimum absolute atomic E-state index is 0.145. The summed E-state index contributed by atoms with van der Waals surface area (Å²) in [4.78, 5) is 13.8. The first-order valence-corrected chi connectivity index (χ1v) is 8.09. The van der Waals surface area contributed by atoms with E-state index in [1.54, 1.807) is 6.92 Å². The first-order valence-electron chi connectivity index (χ1n) is 7.27. The fourth-order valence-electron chi connectivity index (χ4n) is 2.80. The molecule has 1 aliphatic rings. The molecule has 2 atom stereocenters. The van der Waals surface area contributed by atoms with E-state index in [-0.39, 0.29) is 10.6 Å². The van der Waals surface area contributed by atoms with E-state index in [0.29, 0.717) is 10.9 Å². The van der Waals surface area contributed by atoms with Gasteiger partial charge in [-0.05, 0) is 26.2 Å². The highest BCUT2D eigenvalue weighted by molar-refractivity contribution is 7.16. The maximum atomic E-state index is 11.3. The van der Waals surface area contributed by atoms with Crippen molar-refractivity contribution in [2.45, 2.75) is 58.1 Å². The fourth-order valence-corrected chi connectivity index (χ4v) is 3.96. The maximum absolute atomic E-state index is 11.3. The molecule has 112 valence electrons. The Kier molecular flexibility index (Phi) is 4.99. The van der Waals surface area contributed by atoms with Crippen LogP contribution in [0, 0.1) is 10.1 Å². The van der Waals surface area contributed by atoms with Crippen LogP contribution in [0.5, 0.6) is 0 Å². The number of nitro groups is 1. The lowest BCUT2D eigenvalue weighted by Gasteiger charge is -2.29. The molecule has 0 bridgehead atoms. The van der Waals surface area contributed by atoms with E-state index >= 15 is 0 Å². The summed E-state index contributed by atoms with van der Waals surface area (Å²) in [5, 5.41) is 21.7. The minimum Gasteiger partial charge on any atom is -0.388 e. The Morgan fingerprint density at radius 3 is 2.90 bits per heavy atom. The van der Waals surface area contributed by atoms with Crippen molar-refractivity contribution in [3.63, 3.8) is 0 Å². The molecule has 6 heteroatoms. The predicted octanol–water partition coefficient (Wildman–Crippen LogP) is 3.87. The van der Waals surface area contributed by atoms with E-state index in [2.05, 4.69) is 11.8 Å². The third kappa shape index (κ3) is 3.12. The van der Waals surface area contributed by atoms with Gasteiger partial charge in [-0.3, -0.25) is 10.1 Å². The van der Waals surface area contributed by atoms with Gasteiger partial charge < -0.3 is 10.0 Å². The average molecular weight is 298 g/mol. The quantitative estimate of drug-likeness (QED) is 0.677. The van der Waals surface area contributed by atoms with Crippen molar-refractivity contribution in [2.24, 2.45) is 0 Å². The van der Waals surface area contributed by atoms with Crippen LogP contribution in [-0.4, -0.2) is 22.6 Å². The standard InChI is InChI=1S/C14H22N2O3S/c1-3-11-7-5-4-6-8-15(11)14-12(16(18)19)9-13(20-14)10(2)17/h9-11,17H,3-8H2,1-2H3/t10-,11?/m1/s1. The lowest BCUT2D eigenvalue weighted by Crippen LogP contribution is -2.34. The second kappa shape index (κ2) is 6.54. The summed E-state index contributed by atoms with van der Waals surface area (Å²) in [5.41, 5.74) is 0.145. The van der Waals surface area contributed by atoms with Crippen LogP contribution in [0.2, 0.25) is 0 Å². The van der Waals surface area contributed by atoms with E-state index in [4.69, 9.17) is 0 Å². The Hall–Kier alpha value is -1.14. The van der Waals surface area contributed by atoms with Gasteiger partial charge in [0, 0.05) is 23.5 Å². The van der Waals surface area contributed by atoms with Crippen LogP contribution >= 0.6 is 11.3 Å². The van der Waals surface area contributed by atoms with E-state index in [0.717, 1.165) is 30.8 Å². The molecule has 0 aromatic carbocycles. The zero-order valence-electron chi connectivity index (χ0n) is 12.0. The summed E-state index contributed by atoms with van der Waals surface area (Å²) in [7, 11) is 0. The van der Waals surface area contributed by atoms with Crippen molar-refractivity contribution in [1.82, 2.24) is 0 Å². The smallest absolute Gasteiger partial charge is 0.304 e. The lowest BCUT2D eigenvalue weighted by molar-refractivity contribution is -0.383. The topological polar surface area (TPSA) is 66.6 Å². The van der Waals surface area contributed by atoms with Gasteiger partial charge in [-0.2, -0.15) is 0 Å². The summed E-state index contributed by atoms with van der Waals surface area (Å²) in [6.45, 7) is 4.66. The molecule has 0 amide bonds. The van der Waals surface area contributed by atoms with Crippen LogP contribution in [0.3, 0.4) is 0 Å². The molecular weight excluding hydrogens is 276 g/mol. The highest BCUT2D eigenvalue weighted by Crippen LogP contribution is 2.42. The Balaban J connectivity index is 2.39. The second-order valence-electron chi connectivity index (χ2n) is 5.38. The zero-order valence-corrected chi connectivity index (χ0v) is 12.9. The summed E-state index contributed by atoms with van der Waals surface area (Å²) >= 11 is 1.37. The van der Waals surface area contributed by atoms with Gasteiger partial charge in [0.05, 0.1) is 11.0 Å². The third-order valence-electron chi connectivity index (χ3n) is 3.93. The first-order chi connectivity index (χ1) is 9.54. The summed E-state index contributed by atoms with van der Waals surface area (Å²) in [5.74, 6) is 0. The molecule has 0 aliphatic carbocycles. The largest absolute Gasteiger partial charge is 0.388 e. The summed E-state index contributed by atoms with van der Waals surface area (Å²) < 4.78 is 0. The van der Waals surface area contributed by atoms with E-state index in [9.17, 15) is 15.2 Å². The SMILES string of the molecule is CCC1CCCCCN1c1sc([C@@H](C)O)cc1[N+](=O)[O-]. The Bertz CT molecular complexity index is 473. The molecular formula is C14H22N2O3S. The Morgan fingerprint density at radius 1 is 1.55 bits per heavy atom. The molecule has 1 saturated heterocycles. The minimum atomic E-state index is -0.653. The normalized spacial score (nSPS) is 21.6. The lowest BCUT2D eigenvalue weighted by atomic mass is 10.1. The molecule has 20 heavy (non-hydrogen) atoms. The molecule has 1 fully saturated rings. The third-order valence-corrected chi connectivity index (χ3v) is 5.26. The summed E-state index contributed by atoms with van der Waals surface area (Å²) in [6, 6.07) is 1.90. The highest BCUT2D eigenvalue weighted by atomic mass is 32.1. The molecule has 2 heterocycles. The molecule has 2 rings (SSSR count). The number of aliphatic hydroxyl groups excluding tert-OH is 1. The van der Waals surface area contributed by atoms with Gasteiger partial charge >= 0.3 is 5.69 Å². The zero-order chi connectivity index (χ0) is 14.7. The van der Waals surface area contributed by atoms with E-state index in [1.165, 1.54) is 30.2 Å². The van der Waals surface area contributed by atoms with Gasteiger partial charge in [-0.15, -0.1) is 11.3 Å². The first kappa shape index (κ1) is 15.3. The van der Waals surface area contributed by atoms with Gasteiger partial charge in [0.1, 0.15) is 0 Å². The molecule has 0 saturated carbocycles. The molecule has 1 aromatic rings. The Morgan fingerprint density at radius 2 is 2.30 bits per heavy atom. The van der Waals surface area contributed by atoms with Gasteiger partial charge in [-0.1, -0.05) is 19.8 Å². The number of nitrogens with zero attached hydrogens (tertiary/aromatic N) is 2. The van der Waals surface area contributed by atoms with Crippen molar-refractivity contribution in [1.29, 1.82) is 0 Å². The van der Waals surface area contributed by atoms with Gasteiger partial charge in [-0.25, -0.2) is 0 Å². The molecule has 1 unspecified atom stereocenters. The van der Waals surface area contributed by atoms with Crippen LogP contribution in [0.25, 0.3) is 0 Å². The number of rotatable bonds is 4. The number of thiophene rings is 1. The van der Waals surface area contributed by atoms with Crippen LogP contribution in [0.4, 0.5) is 10.7 Å². The van der Waals surface area contributed by atoms with E-state index in [1.807, 2.05) is 0 Å². The van der Waals surface area contributed by atoms with Gasteiger partial charge in [0.25, 0.3) is 0 Å². The fraction of sp³-hybridized carbons (Fsp3) is 0.714. The van der Waals surface area contributed by atoms with Gasteiger partial charge in [0.15, 0.2) is 5.00 Å². The van der Waals surface area contributed by atoms with Gasteiger partial charge in [0.2, 0.25) is 0 Å². The molecule has 1 aliphatic heterocycles. The van der Waals surface area contributed by atoms with Crippen LogP contribution in [0.1, 0.15) is 56.9 Å². The Labute approximate surface area is 123 Å². The molecule has 0 spiro atoms. The molecule has 0 radical (unpaired) electrons. The monoisotopic (exact) mass is 298 g/mol. The van der Waals surface area contributed by atoms with Crippen molar-refractivity contribution < 1.29 is 10.0 Å². The second-order valence-corrected chi connectivity index (χ2v) is 6.44. The van der Waals surface area contributed by atoms with Crippen LogP contribution < -0.4 is 4.90 Å². The highest BCUT2D eigenvalue weighted by Gasteiger charge is 2.29. The number of aliphatic hydroxyl groups is 1. The predicted molar refractivity (Wildman–Crippen MR) is 81.5 cm³/mol. The van der Waals surface area contributed by atoms with Crippen molar-refractivity contribution >= 4 is 22.0 Å². The van der Waals surface area contributed by atoms with Crippen molar-refractivity contribution in [2.75, 3.05) is 11.4 Å². The molecule has 1 N–H and O–H groups in total. The van der Waals surface area contributed by atoms with Crippen LogP contribution in [0.15, 0.2) is 6.07 Å². The molecule has 1 aromatic heterocycles. The maximum Gasteiger partial charge on any atom is 0.304 e. The van der Waals surface area contributed by atoms with E-state index < -0.39 is 6.10 Å². The van der Waals surface area contributed by atoms with Crippen molar-refractivity contribution in [3.05, 3.63) is 21.1 Å². The van der Waals surface area contributed by atoms with Crippen LogP contribution in [-0.2, 0) is 0 Å².